The van der Waals surface area contributed by atoms with Gasteiger partial charge in [0.1, 0.15) is 5.82 Å². The number of rotatable bonds is 5. The predicted octanol–water partition coefficient (Wildman–Crippen LogP) is 2.53. The minimum Gasteiger partial charge on any atom is -0.494 e. The Bertz CT molecular complexity index is 406. The van der Waals surface area contributed by atoms with Crippen LogP contribution in [-0.2, 0) is 0 Å². The van der Waals surface area contributed by atoms with E-state index in [2.05, 4.69) is 10.6 Å². The Morgan fingerprint density at radius 2 is 2.22 bits per heavy atom. The molecule has 0 amide bonds. The fourth-order valence-corrected chi connectivity index (χ4v) is 2.20. The molecule has 0 aromatic heterocycles. The second kappa shape index (κ2) is 6.00. The maximum atomic E-state index is 13.6. The topological polar surface area (TPSA) is 33.3 Å². The molecule has 0 saturated carbocycles. The number of methoxy groups -OCH3 is 1. The Hall–Kier alpha value is -1.36. The third kappa shape index (κ3) is 3.10. The zero-order valence-corrected chi connectivity index (χ0v) is 10.4. The van der Waals surface area contributed by atoms with Crippen molar-refractivity contribution in [3.63, 3.8) is 0 Å². The van der Waals surface area contributed by atoms with E-state index in [1.165, 1.54) is 13.5 Å². The number of hydrogen-bond donors (Lipinski definition) is 2. The molecule has 1 unspecified atom stereocenters. The van der Waals surface area contributed by atoms with E-state index in [0.29, 0.717) is 12.6 Å². The number of hydrogen-bond acceptors (Lipinski definition) is 3. The molecule has 0 bridgehead atoms. The first-order valence-corrected chi connectivity index (χ1v) is 6.21. The first-order valence-electron chi connectivity index (χ1n) is 6.21. The van der Waals surface area contributed by atoms with Crippen LogP contribution in [0.4, 0.5) is 14.5 Å². The smallest absolute Gasteiger partial charge is 0.167 e. The van der Waals surface area contributed by atoms with Crippen LogP contribution in [0.2, 0.25) is 0 Å². The van der Waals surface area contributed by atoms with Crippen LogP contribution in [0.3, 0.4) is 0 Å². The molecule has 5 heteroatoms. The lowest BCUT2D eigenvalue weighted by Crippen LogP contribution is -2.24. The normalized spacial score (nSPS) is 18.9. The van der Waals surface area contributed by atoms with Crippen LogP contribution in [0.15, 0.2) is 12.1 Å². The van der Waals surface area contributed by atoms with Crippen molar-refractivity contribution in [1.29, 1.82) is 0 Å². The van der Waals surface area contributed by atoms with Crippen molar-refractivity contribution >= 4 is 5.69 Å². The number of ether oxygens (including phenoxy) is 1. The number of nitrogens with one attached hydrogen (secondary N) is 2. The fraction of sp³-hybridized carbons (Fsp3) is 0.538. The van der Waals surface area contributed by atoms with Gasteiger partial charge in [-0.2, -0.15) is 0 Å². The highest BCUT2D eigenvalue weighted by Gasteiger charge is 2.14. The molecule has 1 atom stereocenters. The average molecular weight is 256 g/mol. The van der Waals surface area contributed by atoms with E-state index < -0.39 is 11.6 Å². The lowest BCUT2D eigenvalue weighted by molar-refractivity contribution is 0.383. The molecule has 1 aromatic rings. The van der Waals surface area contributed by atoms with Crippen LogP contribution in [0.25, 0.3) is 0 Å². The molecule has 1 fully saturated rings. The summed E-state index contributed by atoms with van der Waals surface area (Å²) >= 11 is 0. The van der Waals surface area contributed by atoms with Crippen molar-refractivity contribution in [2.24, 2.45) is 0 Å². The van der Waals surface area contributed by atoms with Crippen molar-refractivity contribution in [2.45, 2.75) is 25.3 Å². The summed E-state index contributed by atoms with van der Waals surface area (Å²) in [5.41, 5.74) is 0.186. The first kappa shape index (κ1) is 13.1. The van der Waals surface area contributed by atoms with Gasteiger partial charge in [-0.15, -0.1) is 0 Å². The Morgan fingerprint density at radius 1 is 1.39 bits per heavy atom. The zero-order chi connectivity index (χ0) is 13.0. The van der Waals surface area contributed by atoms with E-state index >= 15 is 0 Å². The van der Waals surface area contributed by atoms with E-state index in [0.717, 1.165) is 31.5 Å². The highest BCUT2D eigenvalue weighted by Crippen LogP contribution is 2.24. The molecule has 3 nitrogen and oxygen atoms in total. The molecule has 2 rings (SSSR count). The summed E-state index contributed by atoms with van der Waals surface area (Å²) in [7, 11) is 1.32. The van der Waals surface area contributed by atoms with Crippen molar-refractivity contribution in [2.75, 3.05) is 25.5 Å². The van der Waals surface area contributed by atoms with Gasteiger partial charge < -0.3 is 15.4 Å². The molecule has 0 spiro atoms. The molecular formula is C13H18F2N2O. The van der Waals surface area contributed by atoms with Gasteiger partial charge in [-0.25, -0.2) is 8.78 Å². The van der Waals surface area contributed by atoms with Crippen LogP contribution in [0.5, 0.6) is 5.75 Å². The lowest BCUT2D eigenvalue weighted by Gasteiger charge is -2.13. The summed E-state index contributed by atoms with van der Waals surface area (Å²) in [5, 5.41) is 6.28. The summed E-state index contributed by atoms with van der Waals surface area (Å²) < 4.78 is 31.7. The summed E-state index contributed by atoms with van der Waals surface area (Å²) in [5.74, 6) is -1.12. The molecule has 1 saturated heterocycles. The Labute approximate surface area is 106 Å². The monoisotopic (exact) mass is 256 g/mol. The van der Waals surface area contributed by atoms with Gasteiger partial charge in [-0.1, -0.05) is 0 Å². The van der Waals surface area contributed by atoms with Gasteiger partial charge >= 0.3 is 0 Å². The third-order valence-electron chi connectivity index (χ3n) is 3.21. The molecule has 1 aliphatic rings. The van der Waals surface area contributed by atoms with E-state index in [1.54, 1.807) is 0 Å². The molecular weight excluding hydrogens is 238 g/mol. The zero-order valence-electron chi connectivity index (χ0n) is 10.4. The van der Waals surface area contributed by atoms with Crippen molar-refractivity contribution in [3.05, 3.63) is 23.8 Å². The third-order valence-corrected chi connectivity index (χ3v) is 3.21. The highest BCUT2D eigenvalue weighted by molar-refractivity contribution is 5.48. The van der Waals surface area contributed by atoms with Gasteiger partial charge in [0.05, 0.1) is 12.8 Å². The van der Waals surface area contributed by atoms with Crippen LogP contribution in [0.1, 0.15) is 19.3 Å². The lowest BCUT2D eigenvalue weighted by atomic mass is 10.1. The van der Waals surface area contributed by atoms with Gasteiger partial charge in [0.15, 0.2) is 11.6 Å². The molecule has 0 radical (unpaired) electrons. The van der Waals surface area contributed by atoms with Gasteiger partial charge in [0.2, 0.25) is 0 Å². The minimum atomic E-state index is -0.555. The number of halogens is 2. The van der Waals surface area contributed by atoms with Crippen LogP contribution in [0, 0.1) is 11.6 Å². The van der Waals surface area contributed by atoms with Crippen LogP contribution < -0.4 is 15.4 Å². The molecule has 18 heavy (non-hydrogen) atoms. The average Bonchev–Trinajstić information content (AvgIpc) is 2.86. The van der Waals surface area contributed by atoms with E-state index in [1.807, 2.05) is 0 Å². The predicted molar refractivity (Wildman–Crippen MR) is 67.0 cm³/mol. The maximum absolute atomic E-state index is 13.6. The summed E-state index contributed by atoms with van der Waals surface area (Å²) in [6, 6.07) is 2.69. The van der Waals surface area contributed by atoms with Crippen molar-refractivity contribution in [1.82, 2.24) is 5.32 Å². The second-order valence-electron chi connectivity index (χ2n) is 4.48. The second-order valence-corrected chi connectivity index (χ2v) is 4.48. The van der Waals surface area contributed by atoms with Crippen LogP contribution in [-0.4, -0.2) is 26.2 Å². The fourth-order valence-electron chi connectivity index (χ4n) is 2.20. The number of anilines is 1. The number of benzene rings is 1. The summed E-state index contributed by atoms with van der Waals surface area (Å²) in [6.07, 6.45) is 3.25. The highest BCUT2D eigenvalue weighted by atomic mass is 19.1. The van der Waals surface area contributed by atoms with Gasteiger partial charge in [-0.05, 0) is 25.8 Å². The van der Waals surface area contributed by atoms with E-state index in [-0.39, 0.29) is 11.4 Å². The molecule has 1 heterocycles. The molecule has 1 aliphatic heterocycles. The van der Waals surface area contributed by atoms with E-state index in [9.17, 15) is 8.78 Å². The van der Waals surface area contributed by atoms with E-state index in [4.69, 9.17) is 4.74 Å². The first-order chi connectivity index (χ1) is 8.70. The minimum absolute atomic E-state index is 0.0736. The Balaban J connectivity index is 1.90. The largest absolute Gasteiger partial charge is 0.494 e. The quantitative estimate of drug-likeness (QED) is 0.849. The van der Waals surface area contributed by atoms with Gasteiger partial charge in [0.25, 0.3) is 0 Å². The SMILES string of the molecule is COc1cc(F)c(NCCC2CCCN2)cc1F. The van der Waals surface area contributed by atoms with Crippen LogP contribution >= 0.6 is 0 Å². The standard InChI is InChI=1S/C13H18F2N2O/c1-18-13-8-10(14)12(7-11(13)15)17-6-4-9-3-2-5-16-9/h7-9,16-17H,2-6H2,1H3. The maximum Gasteiger partial charge on any atom is 0.167 e. The van der Waals surface area contributed by atoms with Crippen molar-refractivity contribution < 1.29 is 13.5 Å². The van der Waals surface area contributed by atoms with Gasteiger partial charge in [-0.3, -0.25) is 0 Å². The van der Waals surface area contributed by atoms with Gasteiger partial charge in [0, 0.05) is 24.7 Å². The Kier molecular flexibility index (Phi) is 4.36. The summed E-state index contributed by atoms with van der Waals surface area (Å²) in [6.45, 7) is 1.68. The summed E-state index contributed by atoms with van der Waals surface area (Å²) in [4.78, 5) is 0. The molecule has 2 N–H and O–H groups in total. The molecule has 1 aromatic carbocycles. The van der Waals surface area contributed by atoms with Crippen molar-refractivity contribution in [3.8, 4) is 5.75 Å². The molecule has 100 valence electrons. The molecule has 0 aliphatic carbocycles. The Morgan fingerprint density at radius 3 is 2.89 bits per heavy atom.